The maximum absolute atomic E-state index is 12.5. The van der Waals surface area contributed by atoms with Gasteiger partial charge >= 0.3 is 0 Å². The summed E-state index contributed by atoms with van der Waals surface area (Å²) < 4.78 is 10.6. The lowest BCUT2D eigenvalue weighted by atomic mass is 10.1. The summed E-state index contributed by atoms with van der Waals surface area (Å²) in [6.07, 6.45) is 2.80. The summed E-state index contributed by atoms with van der Waals surface area (Å²) in [5, 5.41) is 7.40. The van der Waals surface area contributed by atoms with Gasteiger partial charge in [0, 0.05) is 6.54 Å². The number of likely N-dealkylation sites (tertiary alicyclic amines) is 1. The molecule has 0 spiro atoms. The molecule has 1 N–H and O–H groups in total. The highest BCUT2D eigenvalue weighted by Gasteiger charge is 2.24. The highest BCUT2D eigenvalue weighted by molar-refractivity contribution is 7.07. The number of methoxy groups -OCH3 is 2. The topological polar surface area (TPSA) is 50.8 Å². The Balaban J connectivity index is 1.60. The Hall–Kier alpha value is -2.05. The van der Waals surface area contributed by atoms with Crippen LogP contribution in [0.4, 0.5) is 0 Å². The zero-order valence-corrected chi connectivity index (χ0v) is 16.2. The molecule has 6 heteroatoms. The lowest BCUT2D eigenvalue weighted by molar-refractivity contribution is -0.120. The van der Waals surface area contributed by atoms with Gasteiger partial charge in [0.1, 0.15) is 0 Å². The molecule has 1 aromatic heterocycles. The van der Waals surface area contributed by atoms with E-state index in [-0.39, 0.29) is 11.9 Å². The minimum Gasteiger partial charge on any atom is -0.493 e. The van der Waals surface area contributed by atoms with Crippen molar-refractivity contribution in [3.05, 3.63) is 46.2 Å². The predicted octanol–water partition coefficient (Wildman–Crippen LogP) is 3.26. The van der Waals surface area contributed by atoms with Gasteiger partial charge in [-0.25, -0.2) is 0 Å². The number of nitrogens with zero attached hydrogens (tertiary/aromatic N) is 1. The fourth-order valence-electron chi connectivity index (χ4n) is 3.42. The number of hydrogen-bond acceptors (Lipinski definition) is 5. The summed E-state index contributed by atoms with van der Waals surface area (Å²) in [4.78, 5) is 14.9. The molecule has 0 saturated carbocycles. The second-order valence-corrected chi connectivity index (χ2v) is 7.27. The van der Waals surface area contributed by atoms with Gasteiger partial charge in [-0.2, -0.15) is 11.3 Å². The Morgan fingerprint density at radius 2 is 1.96 bits per heavy atom. The molecule has 1 aliphatic heterocycles. The van der Waals surface area contributed by atoms with Crippen LogP contribution in [0.2, 0.25) is 0 Å². The van der Waals surface area contributed by atoms with E-state index < -0.39 is 0 Å². The zero-order chi connectivity index (χ0) is 18.4. The number of nitrogens with one attached hydrogen (secondary N) is 1. The van der Waals surface area contributed by atoms with E-state index in [1.807, 2.05) is 18.2 Å². The smallest absolute Gasteiger partial charge is 0.224 e. The molecule has 1 atom stereocenters. The van der Waals surface area contributed by atoms with Crippen LogP contribution >= 0.6 is 11.3 Å². The molecule has 26 heavy (non-hydrogen) atoms. The molecule has 1 saturated heterocycles. The molecule has 140 valence electrons. The number of carbonyl (C=O) groups excluding carboxylic acids is 1. The van der Waals surface area contributed by atoms with E-state index in [0.717, 1.165) is 18.7 Å². The molecule has 2 heterocycles. The van der Waals surface area contributed by atoms with Gasteiger partial charge in [-0.1, -0.05) is 6.07 Å². The number of rotatable bonds is 8. The fourth-order valence-corrected chi connectivity index (χ4v) is 4.13. The summed E-state index contributed by atoms with van der Waals surface area (Å²) in [6.45, 7) is 2.85. The first-order chi connectivity index (χ1) is 12.7. The van der Waals surface area contributed by atoms with Crippen LogP contribution in [0.15, 0.2) is 35.0 Å². The number of benzene rings is 1. The van der Waals surface area contributed by atoms with E-state index in [2.05, 4.69) is 27.0 Å². The summed E-state index contributed by atoms with van der Waals surface area (Å²) in [6, 6.07) is 8.01. The third-order valence-electron chi connectivity index (χ3n) is 4.81. The first-order valence-corrected chi connectivity index (χ1v) is 9.89. The Kier molecular flexibility index (Phi) is 6.52. The van der Waals surface area contributed by atoms with Gasteiger partial charge in [-0.3, -0.25) is 9.69 Å². The second-order valence-electron chi connectivity index (χ2n) is 6.49. The molecule has 3 rings (SSSR count). The minimum absolute atomic E-state index is 0.0247. The Morgan fingerprint density at radius 3 is 2.62 bits per heavy atom. The average Bonchev–Trinajstić information content (AvgIpc) is 3.36. The molecule has 0 aliphatic carbocycles. The number of amides is 1. The molecular formula is C20H26N2O3S. The van der Waals surface area contributed by atoms with Crippen molar-refractivity contribution in [2.45, 2.75) is 25.3 Å². The van der Waals surface area contributed by atoms with Gasteiger partial charge in [-0.05, 0) is 66.0 Å². The molecule has 0 unspecified atom stereocenters. The van der Waals surface area contributed by atoms with Crippen molar-refractivity contribution in [3.63, 3.8) is 0 Å². The van der Waals surface area contributed by atoms with Gasteiger partial charge in [0.05, 0.1) is 26.7 Å². The summed E-state index contributed by atoms with van der Waals surface area (Å²) in [5.41, 5.74) is 2.21. The molecule has 1 fully saturated rings. The van der Waals surface area contributed by atoms with Crippen molar-refractivity contribution in [2.24, 2.45) is 0 Å². The highest BCUT2D eigenvalue weighted by Crippen LogP contribution is 2.28. The first kappa shape index (κ1) is 18.7. The van der Waals surface area contributed by atoms with E-state index in [0.29, 0.717) is 24.5 Å². The second kappa shape index (κ2) is 9.05. The van der Waals surface area contributed by atoms with Gasteiger partial charge in [-0.15, -0.1) is 0 Å². The average molecular weight is 375 g/mol. The van der Waals surface area contributed by atoms with Crippen molar-refractivity contribution >= 4 is 17.2 Å². The minimum atomic E-state index is 0.0247. The van der Waals surface area contributed by atoms with Crippen molar-refractivity contribution in [3.8, 4) is 11.5 Å². The Morgan fingerprint density at radius 1 is 1.19 bits per heavy atom. The van der Waals surface area contributed by atoms with Crippen molar-refractivity contribution < 1.29 is 14.3 Å². The molecule has 0 radical (unpaired) electrons. The lowest BCUT2D eigenvalue weighted by Crippen LogP contribution is -2.37. The van der Waals surface area contributed by atoms with E-state index in [1.54, 1.807) is 25.6 Å². The van der Waals surface area contributed by atoms with Crippen LogP contribution in [-0.2, 0) is 11.2 Å². The van der Waals surface area contributed by atoms with Gasteiger partial charge in [0.25, 0.3) is 0 Å². The Bertz CT molecular complexity index is 712. The van der Waals surface area contributed by atoms with Crippen LogP contribution < -0.4 is 14.8 Å². The third kappa shape index (κ3) is 4.56. The van der Waals surface area contributed by atoms with Crippen LogP contribution in [0.5, 0.6) is 11.5 Å². The van der Waals surface area contributed by atoms with Gasteiger partial charge < -0.3 is 14.8 Å². The van der Waals surface area contributed by atoms with Crippen LogP contribution in [0.25, 0.3) is 0 Å². The normalized spacial score (nSPS) is 15.6. The van der Waals surface area contributed by atoms with Crippen LogP contribution in [0, 0.1) is 0 Å². The number of carbonyl (C=O) groups is 1. The van der Waals surface area contributed by atoms with E-state index >= 15 is 0 Å². The molecule has 5 nitrogen and oxygen atoms in total. The molecule has 1 aliphatic rings. The quantitative estimate of drug-likeness (QED) is 0.771. The first-order valence-electron chi connectivity index (χ1n) is 8.95. The maximum atomic E-state index is 12.5. The van der Waals surface area contributed by atoms with Crippen molar-refractivity contribution in [2.75, 3.05) is 33.9 Å². The number of thiophene rings is 1. The largest absolute Gasteiger partial charge is 0.493 e. The number of hydrogen-bond donors (Lipinski definition) is 1. The highest BCUT2D eigenvalue weighted by atomic mass is 32.1. The van der Waals surface area contributed by atoms with Gasteiger partial charge in [0.2, 0.25) is 5.91 Å². The SMILES string of the molecule is COc1ccc(CC(=O)NC[C@@H](c2ccsc2)N2CCCC2)cc1OC. The molecule has 1 aromatic carbocycles. The van der Waals surface area contributed by atoms with Crippen LogP contribution in [-0.4, -0.2) is 44.7 Å². The van der Waals surface area contributed by atoms with E-state index in [9.17, 15) is 4.79 Å². The maximum Gasteiger partial charge on any atom is 0.224 e. The van der Waals surface area contributed by atoms with Crippen molar-refractivity contribution in [1.29, 1.82) is 0 Å². The van der Waals surface area contributed by atoms with E-state index in [4.69, 9.17) is 9.47 Å². The van der Waals surface area contributed by atoms with Crippen LogP contribution in [0.3, 0.4) is 0 Å². The van der Waals surface area contributed by atoms with Crippen LogP contribution in [0.1, 0.15) is 30.0 Å². The predicted molar refractivity (Wildman–Crippen MR) is 104 cm³/mol. The fraction of sp³-hybridized carbons (Fsp3) is 0.450. The number of ether oxygens (including phenoxy) is 2. The summed E-state index contributed by atoms with van der Waals surface area (Å²) >= 11 is 1.71. The third-order valence-corrected chi connectivity index (χ3v) is 5.52. The zero-order valence-electron chi connectivity index (χ0n) is 15.4. The Labute approximate surface area is 158 Å². The molecule has 0 bridgehead atoms. The monoisotopic (exact) mass is 374 g/mol. The molecule has 1 amide bonds. The lowest BCUT2D eigenvalue weighted by Gasteiger charge is -2.27. The standard InChI is InChI=1S/C20H26N2O3S/c1-24-18-6-5-15(11-19(18)25-2)12-20(23)21-13-17(16-7-10-26-14-16)22-8-3-4-9-22/h5-7,10-11,14,17H,3-4,8-9,12-13H2,1-2H3,(H,21,23)/t17-/m0/s1. The molecular weight excluding hydrogens is 348 g/mol. The summed E-state index contributed by atoms with van der Waals surface area (Å²) in [5.74, 6) is 1.34. The molecule has 2 aromatic rings. The summed E-state index contributed by atoms with van der Waals surface area (Å²) in [7, 11) is 3.20. The van der Waals surface area contributed by atoms with E-state index in [1.165, 1.54) is 18.4 Å². The van der Waals surface area contributed by atoms with Crippen molar-refractivity contribution in [1.82, 2.24) is 10.2 Å². The van der Waals surface area contributed by atoms with Gasteiger partial charge in [0.15, 0.2) is 11.5 Å².